The highest BCUT2D eigenvalue weighted by Gasteiger charge is 2.50. The Balaban J connectivity index is 3.22. The summed E-state index contributed by atoms with van der Waals surface area (Å²) in [6.07, 6.45) is -2.01. The fourth-order valence-corrected chi connectivity index (χ4v) is 2.96. The van der Waals surface area contributed by atoms with E-state index in [4.69, 9.17) is 18.9 Å². The van der Waals surface area contributed by atoms with Crippen LogP contribution in [-0.4, -0.2) is 60.9 Å². The molecule has 1 rings (SSSR count). The first-order chi connectivity index (χ1) is 12.1. The number of hydrogen-bond donors (Lipinski definition) is 1. The molecule has 0 aromatic carbocycles. The Bertz CT molecular complexity index is 535. The van der Waals surface area contributed by atoms with Crippen molar-refractivity contribution in [3.05, 3.63) is 0 Å². The Morgan fingerprint density at radius 1 is 0.885 bits per heavy atom. The summed E-state index contributed by atoms with van der Waals surface area (Å²) in [4.78, 5) is 46.0. The molecule has 0 aromatic heterocycles. The van der Waals surface area contributed by atoms with Crippen molar-refractivity contribution in [3.8, 4) is 0 Å². The molecule has 1 amide bonds. The third kappa shape index (κ3) is 6.62. The van der Waals surface area contributed by atoms with Crippen LogP contribution in [0.1, 0.15) is 47.5 Å². The van der Waals surface area contributed by atoms with E-state index in [0.29, 0.717) is 6.42 Å². The van der Waals surface area contributed by atoms with E-state index in [1.165, 1.54) is 27.7 Å². The predicted molar refractivity (Wildman–Crippen MR) is 88.9 cm³/mol. The molecule has 0 aromatic rings. The summed E-state index contributed by atoms with van der Waals surface area (Å²) in [5.41, 5.74) is 0. The van der Waals surface area contributed by atoms with Gasteiger partial charge in [0.15, 0.2) is 12.2 Å². The third-order valence-electron chi connectivity index (χ3n) is 3.79. The lowest BCUT2D eigenvalue weighted by molar-refractivity contribution is -0.224. The molecule has 1 aliphatic rings. The Morgan fingerprint density at radius 3 is 1.92 bits per heavy atom. The standard InChI is InChI=1S/C17H27NO8/c1-6-7-13-15(18-9(2)19)17(25-12(5)22)16(24-11(4)21)14(26-13)8-23-10(3)20/h13-17H,6-8H2,1-5H3,(H,18,19)/t13-,14-,15+,16+,17-/m1/s1. The lowest BCUT2D eigenvalue weighted by Crippen LogP contribution is -2.66. The smallest absolute Gasteiger partial charge is 0.303 e. The van der Waals surface area contributed by atoms with Crippen LogP contribution in [0.3, 0.4) is 0 Å². The van der Waals surface area contributed by atoms with Gasteiger partial charge in [-0.15, -0.1) is 0 Å². The maximum atomic E-state index is 11.6. The van der Waals surface area contributed by atoms with E-state index in [1.807, 2.05) is 6.92 Å². The molecule has 1 fully saturated rings. The number of ether oxygens (including phenoxy) is 4. The van der Waals surface area contributed by atoms with E-state index in [-0.39, 0.29) is 12.5 Å². The maximum Gasteiger partial charge on any atom is 0.303 e. The van der Waals surface area contributed by atoms with Gasteiger partial charge in [0.25, 0.3) is 0 Å². The van der Waals surface area contributed by atoms with Crippen molar-refractivity contribution < 1.29 is 38.1 Å². The van der Waals surface area contributed by atoms with Gasteiger partial charge in [-0.25, -0.2) is 0 Å². The molecule has 0 bridgehead atoms. The molecule has 5 atom stereocenters. The summed E-state index contributed by atoms with van der Waals surface area (Å²) in [5, 5.41) is 2.72. The lowest BCUT2D eigenvalue weighted by atomic mass is 9.90. The number of rotatable bonds is 7. The number of amides is 1. The highest BCUT2D eigenvalue weighted by molar-refractivity contribution is 5.73. The van der Waals surface area contributed by atoms with E-state index in [0.717, 1.165) is 6.42 Å². The molecular formula is C17H27NO8. The molecule has 0 saturated carbocycles. The zero-order valence-corrected chi connectivity index (χ0v) is 15.8. The summed E-state index contributed by atoms with van der Waals surface area (Å²) in [5.74, 6) is -2.06. The molecule has 9 nitrogen and oxygen atoms in total. The molecule has 0 radical (unpaired) electrons. The highest BCUT2D eigenvalue weighted by atomic mass is 16.6. The number of esters is 3. The second-order valence-electron chi connectivity index (χ2n) is 6.18. The predicted octanol–water partition coefficient (Wildman–Crippen LogP) is 0.485. The van der Waals surface area contributed by atoms with E-state index < -0.39 is 48.4 Å². The molecule has 0 aliphatic carbocycles. The van der Waals surface area contributed by atoms with Crippen molar-refractivity contribution in [1.29, 1.82) is 0 Å². The second kappa shape index (κ2) is 10.1. The van der Waals surface area contributed by atoms with E-state index in [9.17, 15) is 19.2 Å². The fourth-order valence-electron chi connectivity index (χ4n) is 2.96. The minimum atomic E-state index is -1.03. The van der Waals surface area contributed by atoms with Gasteiger partial charge >= 0.3 is 17.9 Å². The molecule has 1 heterocycles. The van der Waals surface area contributed by atoms with Crippen LogP contribution in [0.25, 0.3) is 0 Å². The molecular weight excluding hydrogens is 346 g/mol. The minimum absolute atomic E-state index is 0.169. The number of hydrogen-bond acceptors (Lipinski definition) is 8. The van der Waals surface area contributed by atoms with Crippen molar-refractivity contribution in [2.24, 2.45) is 0 Å². The first-order valence-electron chi connectivity index (χ1n) is 8.56. The van der Waals surface area contributed by atoms with Crippen molar-refractivity contribution in [2.45, 2.75) is 77.9 Å². The van der Waals surface area contributed by atoms with Crippen LogP contribution in [0, 0.1) is 0 Å². The first kappa shape index (κ1) is 21.9. The molecule has 148 valence electrons. The van der Waals surface area contributed by atoms with Crippen molar-refractivity contribution >= 4 is 23.8 Å². The molecule has 0 spiro atoms. The Morgan fingerprint density at radius 2 is 1.46 bits per heavy atom. The van der Waals surface area contributed by atoms with Gasteiger partial charge in [0, 0.05) is 27.7 Å². The SMILES string of the molecule is CCC[C@H]1O[C@H](COC(C)=O)[C@H](OC(C)=O)[C@H](OC(C)=O)[C@H]1NC(C)=O. The molecule has 26 heavy (non-hydrogen) atoms. The van der Waals surface area contributed by atoms with Crippen LogP contribution in [0.15, 0.2) is 0 Å². The van der Waals surface area contributed by atoms with E-state index in [2.05, 4.69) is 5.32 Å². The van der Waals surface area contributed by atoms with Gasteiger partial charge in [-0.2, -0.15) is 0 Å². The molecule has 1 N–H and O–H groups in total. The molecule has 1 saturated heterocycles. The van der Waals surface area contributed by atoms with Gasteiger partial charge in [-0.3, -0.25) is 19.2 Å². The van der Waals surface area contributed by atoms with Crippen LogP contribution in [-0.2, 0) is 38.1 Å². The zero-order chi connectivity index (χ0) is 19.9. The van der Waals surface area contributed by atoms with Crippen LogP contribution >= 0.6 is 0 Å². The summed E-state index contributed by atoms with van der Waals surface area (Å²) in [6, 6.07) is -0.700. The van der Waals surface area contributed by atoms with E-state index in [1.54, 1.807) is 0 Å². The molecule has 9 heteroatoms. The van der Waals surface area contributed by atoms with Crippen LogP contribution < -0.4 is 5.32 Å². The van der Waals surface area contributed by atoms with Gasteiger partial charge in [0.2, 0.25) is 5.91 Å². The van der Waals surface area contributed by atoms with Crippen molar-refractivity contribution in [1.82, 2.24) is 5.32 Å². The molecule has 0 unspecified atom stereocenters. The lowest BCUT2D eigenvalue weighted by Gasteiger charge is -2.45. The average molecular weight is 373 g/mol. The van der Waals surface area contributed by atoms with Gasteiger partial charge in [0.05, 0.1) is 12.1 Å². The van der Waals surface area contributed by atoms with Crippen LogP contribution in [0.4, 0.5) is 0 Å². The topological polar surface area (TPSA) is 117 Å². The summed E-state index contributed by atoms with van der Waals surface area (Å²) < 4.78 is 21.6. The zero-order valence-electron chi connectivity index (χ0n) is 15.8. The molecule has 1 aliphatic heterocycles. The second-order valence-corrected chi connectivity index (χ2v) is 6.18. The highest BCUT2D eigenvalue weighted by Crippen LogP contribution is 2.29. The van der Waals surface area contributed by atoms with Crippen LogP contribution in [0.2, 0.25) is 0 Å². The van der Waals surface area contributed by atoms with Crippen molar-refractivity contribution in [3.63, 3.8) is 0 Å². The summed E-state index contributed by atoms with van der Waals surface area (Å²) in [7, 11) is 0. The van der Waals surface area contributed by atoms with Gasteiger partial charge in [0.1, 0.15) is 12.7 Å². The largest absolute Gasteiger partial charge is 0.463 e. The fraction of sp³-hybridized carbons (Fsp3) is 0.765. The van der Waals surface area contributed by atoms with Gasteiger partial charge in [-0.1, -0.05) is 13.3 Å². The van der Waals surface area contributed by atoms with Gasteiger partial charge in [-0.05, 0) is 6.42 Å². The van der Waals surface area contributed by atoms with Gasteiger partial charge < -0.3 is 24.3 Å². The quantitative estimate of drug-likeness (QED) is 0.506. The number of carbonyl (C=O) groups excluding carboxylic acids is 4. The maximum absolute atomic E-state index is 11.6. The normalized spacial score (nSPS) is 28.0. The first-order valence-corrected chi connectivity index (χ1v) is 8.56. The Labute approximate surface area is 152 Å². The van der Waals surface area contributed by atoms with E-state index >= 15 is 0 Å². The average Bonchev–Trinajstić information content (AvgIpc) is 2.50. The Kier molecular flexibility index (Phi) is 8.50. The third-order valence-corrected chi connectivity index (χ3v) is 3.79. The number of carbonyl (C=O) groups is 4. The monoisotopic (exact) mass is 373 g/mol. The van der Waals surface area contributed by atoms with Crippen molar-refractivity contribution in [2.75, 3.05) is 6.61 Å². The van der Waals surface area contributed by atoms with Crippen LogP contribution in [0.5, 0.6) is 0 Å². The summed E-state index contributed by atoms with van der Waals surface area (Å²) >= 11 is 0. The Hall–Kier alpha value is -2.16. The summed E-state index contributed by atoms with van der Waals surface area (Å²) in [6.45, 7) is 6.78. The minimum Gasteiger partial charge on any atom is -0.463 e. The number of nitrogens with one attached hydrogen (secondary N) is 1.